The topological polar surface area (TPSA) is 63.0 Å². The van der Waals surface area contributed by atoms with Crippen molar-refractivity contribution in [2.75, 3.05) is 6.61 Å². The molecule has 0 bridgehead atoms. The highest BCUT2D eigenvalue weighted by molar-refractivity contribution is 8.00. The number of nitrogens with zero attached hydrogens (tertiary/aromatic N) is 2. The Bertz CT molecular complexity index is 428. The second-order valence-corrected chi connectivity index (χ2v) is 4.28. The lowest BCUT2D eigenvalue weighted by molar-refractivity contribution is -0.137. The third-order valence-corrected chi connectivity index (χ3v) is 3.19. The van der Waals surface area contributed by atoms with E-state index in [-0.39, 0.29) is 11.2 Å². The number of aromatic nitrogens is 1. The predicted octanol–water partition coefficient (Wildman–Crippen LogP) is 1.36. The minimum absolute atomic E-state index is 0.175. The molecule has 2 rings (SSSR count). The molecule has 1 fully saturated rings. The maximum absolute atomic E-state index is 11.2. The molecule has 1 aliphatic heterocycles. The van der Waals surface area contributed by atoms with Crippen LogP contribution in [0.15, 0.2) is 23.4 Å². The molecule has 0 unspecified atom stereocenters. The van der Waals surface area contributed by atoms with Crippen LogP contribution in [0.1, 0.15) is 12.0 Å². The van der Waals surface area contributed by atoms with Gasteiger partial charge in [0, 0.05) is 12.6 Å². The molecule has 1 aromatic heterocycles. The molecule has 0 N–H and O–H groups in total. The minimum Gasteiger partial charge on any atom is -0.465 e. The summed E-state index contributed by atoms with van der Waals surface area (Å²) in [7, 11) is 0. The van der Waals surface area contributed by atoms with Gasteiger partial charge in [-0.3, -0.25) is 4.79 Å². The fourth-order valence-electron chi connectivity index (χ4n) is 1.27. The predicted molar refractivity (Wildman–Crippen MR) is 54.2 cm³/mol. The number of carbonyl (C=O) groups excluding carboxylic acids is 1. The van der Waals surface area contributed by atoms with Crippen molar-refractivity contribution >= 4 is 17.7 Å². The van der Waals surface area contributed by atoms with Crippen LogP contribution >= 0.6 is 11.8 Å². The van der Waals surface area contributed by atoms with E-state index < -0.39 is 0 Å². The quantitative estimate of drug-likeness (QED) is 0.704. The van der Waals surface area contributed by atoms with Crippen molar-refractivity contribution in [3.63, 3.8) is 0 Å². The Balaban J connectivity index is 2.10. The van der Waals surface area contributed by atoms with Crippen LogP contribution in [0.5, 0.6) is 0 Å². The van der Waals surface area contributed by atoms with Crippen LogP contribution in [0.4, 0.5) is 0 Å². The number of ether oxygens (including phenoxy) is 1. The first-order valence-electron chi connectivity index (χ1n) is 4.49. The molecule has 0 aliphatic carbocycles. The molecule has 2 heterocycles. The summed E-state index contributed by atoms with van der Waals surface area (Å²) in [5.41, 5.74) is 0.555. The van der Waals surface area contributed by atoms with Crippen LogP contribution in [0, 0.1) is 11.3 Å². The summed E-state index contributed by atoms with van der Waals surface area (Å²) in [6.07, 6.45) is 2.28. The highest BCUT2D eigenvalue weighted by Gasteiger charge is 2.27. The van der Waals surface area contributed by atoms with Gasteiger partial charge < -0.3 is 4.74 Å². The largest absolute Gasteiger partial charge is 0.465 e. The van der Waals surface area contributed by atoms with Crippen LogP contribution in [0.2, 0.25) is 0 Å². The molecule has 0 saturated carbocycles. The van der Waals surface area contributed by atoms with Gasteiger partial charge >= 0.3 is 5.97 Å². The SMILES string of the molecule is N#Cc1ccnc(S[C@@H]2CCOC2=O)c1. The average molecular weight is 220 g/mol. The van der Waals surface area contributed by atoms with Gasteiger partial charge in [-0.25, -0.2) is 4.98 Å². The number of hydrogen-bond acceptors (Lipinski definition) is 5. The lowest BCUT2D eigenvalue weighted by Crippen LogP contribution is -2.09. The van der Waals surface area contributed by atoms with Crippen LogP contribution in [-0.4, -0.2) is 22.8 Å². The molecule has 0 spiro atoms. The summed E-state index contributed by atoms with van der Waals surface area (Å²) in [5.74, 6) is -0.191. The molecular formula is C10H8N2O2S. The van der Waals surface area contributed by atoms with Crippen LogP contribution < -0.4 is 0 Å². The Hall–Kier alpha value is -1.54. The van der Waals surface area contributed by atoms with Gasteiger partial charge in [0.15, 0.2) is 0 Å². The van der Waals surface area contributed by atoms with E-state index in [0.717, 1.165) is 0 Å². The summed E-state index contributed by atoms with van der Waals surface area (Å²) in [4.78, 5) is 15.3. The third kappa shape index (κ3) is 2.28. The Morgan fingerprint density at radius 2 is 2.53 bits per heavy atom. The Morgan fingerprint density at radius 1 is 1.67 bits per heavy atom. The van der Waals surface area contributed by atoms with Gasteiger partial charge in [0.2, 0.25) is 0 Å². The molecule has 15 heavy (non-hydrogen) atoms. The van der Waals surface area contributed by atoms with Crippen molar-refractivity contribution in [3.05, 3.63) is 23.9 Å². The number of pyridine rings is 1. The molecule has 1 aromatic rings. The fourth-order valence-corrected chi connectivity index (χ4v) is 2.26. The standard InChI is InChI=1S/C10H8N2O2S/c11-6-7-1-3-12-9(5-7)15-8-2-4-14-10(8)13/h1,3,5,8H,2,4H2/t8-/m1/s1. The van der Waals surface area contributed by atoms with E-state index in [1.165, 1.54) is 11.8 Å². The summed E-state index contributed by atoms with van der Waals surface area (Å²) in [6.45, 7) is 0.481. The zero-order valence-electron chi connectivity index (χ0n) is 7.84. The van der Waals surface area contributed by atoms with Crippen molar-refractivity contribution in [2.24, 2.45) is 0 Å². The second kappa shape index (κ2) is 4.32. The number of carbonyl (C=O) groups is 1. The maximum atomic E-state index is 11.2. The van der Waals surface area contributed by atoms with E-state index in [2.05, 4.69) is 4.98 Å². The first-order chi connectivity index (χ1) is 7.29. The second-order valence-electron chi connectivity index (χ2n) is 3.06. The van der Waals surface area contributed by atoms with Crippen molar-refractivity contribution in [1.29, 1.82) is 5.26 Å². The van der Waals surface area contributed by atoms with Crippen molar-refractivity contribution in [1.82, 2.24) is 4.98 Å². The van der Waals surface area contributed by atoms with E-state index >= 15 is 0 Å². The number of rotatable bonds is 2. The number of hydrogen-bond donors (Lipinski definition) is 0. The summed E-state index contributed by atoms with van der Waals surface area (Å²) in [6, 6.07) is 5.35. The van der Waals surface area contributed by atoms with Crippen LogP contribution in [0.25, 0.3) is 0 Å². The highest BCUT2D eigenvalue weighted by atomic mass is 32.2. The fraction of sp³-hybridized carbons (Fsp3) is 0.300. The number of thioether (sulfide) groups is 1. The number of esters is 1. The number of nitriles is 1. The van der Waals surface area contributed by atoms with Gasteiger partial charge in [-0.2, -0.15) is 5.26 Å². The molecule has 0 radical (unpaired) electrons. The Labute approximate surface area is 91.3 Å². The highest BCUT2D eigenvalue weighted by Crippen LogP contribution is 2.28. The molecule has 0 aromatic carbocycles. The van der Waals surface area contributed by atoms with E-state index in [9.17, 15) is 4.79 Å². The minimum atomic E-state index is -0.191. The Kier molecular flexibility index (Phi) is 2.88. The monoisotopic (exact) mass is 220 g/mol. The zero-order valence-corrected chi connectivity index (χ0v) is 8.66. The average Bonchev–Trinajstić information content (AvgIpc) is 2.65. The van der Waals surface area contributed by atoms with Crippen LogP contribution in [0.3, 0.4) is 0 Å². The van der Waals surface area contributed by atoms with Gasteiger partial charge in [-0.05, 0) is 12.1 Å². The van der Waals surface area contributed by atoms with Gasteiger partial charge in [0.1, 0.15) is 5.25 Å². The first-order valence-corrected chi connectivity index (χ1v) is 5.37. The maximum Gasteiger partial charge on any atom is 0.319 e. The van der Waals surface area contributed by atoms with Crippen molar-refractivity contribution in [2.45, 2.75) is 16.7 Å². The molecule has 1 atom stereocenters. The smallest absolute Gasteiger partial charge is 0.319 e. The molecule has 0 amide bonds. The summed E-state index contributed by atoms with van der Waals surface area (Å²) in [5, 5.41) is 9.21. The van der Waals surface area contributed by atoms with E-state index in [1.54, 1.807) is 18.3 Å². The molecule has 76 valence electrons. The molecular weight excluding hydrogens is 212 g/mol. The molecule has 4 nitrogen and oxygen atoms in total. The van der Waals surface area contributed by atoms with E-state index in [0.29, 0.717) is 23.6 Å². The molecule has 1 saturated heterocycles. The normalized spacial score (nSPS) is 19.7. The summed E-state index contributed by atoms with van der Waals surface area (Å²) < 4.78 is 4.84. The molecule has 1 aliphatic rings. The van der Waals surface area contributed by atoms with Crippen LogP contribution in [-0.2, 0) is 9.53 Å². The van der Waals surface area contributed by atoms with Gasteiger partial charge in [0.25, 0.3) is 0 Å². The molecule has 5 heteroatoms. The summed E-state index contributed by atoms with van der Waals surface area (Å²) >= 11 is 1.35. The number of cyclic esters (lactones) is 1. The Morgan fingerprint density at radius 3 is 3.20 bits per heavy atom. The van der Waals surface area contributed by atoms with Gasteiger partial charge in [-0.15, -0.1) is 0 Å². The van der Waals surface area contributed by atoms with Gasteiger partial charge in [0.05, 0.1) is 23.3 Å². The van der Waals surface area contributed by atoms with Gasteiger partial charge in [-0.1, -0.05) is 11.8 Å². The zero-order chi connectivity index (χ0) is 10.7. The third-order valence-electron chi connectivity index (χ3n) is 2.01. The van der Waals surface area contributed by atoms with Crippen molar-refractivity contribution < 1.29 is 9.53 Å². The lowest BCUT2D eigenvalue weighted by Gasteiger charge is -2.03. The van der Waals surface area contributed by atoms with E-state index in [1.807, 2.05) is 6.07 Å². The van der Waals surface area contributed by atoms with Crippen molar-refractivity contribution in [3.8, 4) is 6.07 Å². The lowest BCUT2D eigenvalue weighted by atomic mass is 10.3. The van der Waals surface area contributed by atoms with E-state index in [4.69, 9.17) is 10.00 Å². The first kappa shape index (κ1) is 9.99.